The Kier molecular flexibility index (Phi) is 5.38. The van der Waals surface area contributed by atoms with Gasteiger partial charge in [-0.15, -0.1) is 11.8 Å². The summed E-state index contributed by atoms with van der Waals surface area (Å²) in [6, 6.07) is 4.92. The Morgan fingerprint density at radius 2 is 1.87 bits per heavy atom. The topological polar surface area (TPSA) is 71.3 Å². The van der Waals surface area contributed by atoms with Crippen LogP contribution in [0.1, 0.15) is 21.9 Å². The number of thioether (sulfide) groups is 1. The van der Waals surface area contributed by atoms with Gasteiger partial charge in [-0.3, -0.25) is 20.4 Å². The van der Waals surface area contributed by atoms with Gasteiger partial charge in [0.25, 0.3) is 5.91 Å². The first-order valence-electron chi connectivity index (χ1n) is 6.61. The molecule has 23 heavy (non-hydrogen) atoms. The lowest BCUT2D eigenvalue weighted by Gasteiger charge is -2.07. The summed E-state index contributed by atoms with van der Waals surface area (Å²) in [6.07, 6.45) is 0. The van der Waals surface area contributed by atoms with Crippen LogP contribution in [0.5, 0.6) is 0 Å². The zero-order chi connectivity index (χ0) is 17.0. The number of aryl methyl sites for hydroxylation is 2. The molecule has 0 atom stereocenters. The van der Waals surface area contributed by atoms with Gasteiger partial charge in [0, 0.05) is 4.90 Å². The number of hydrogen-bond donors (Lipinski definition) is 2. The fourth-order valence-electron chi connectivity index (χ4n) is 1.80. The van der Waals surface area contributed by atoms with Gasteiger partial charge in [-0.2, -0.15) is 0 Å². The Morgan fingerprint density at radius 1 is 1.13 bits per heavy atom. The zero-order valence-corrected chi connectivity index (χ0v) is 13.2. The Bertz CT molecular complexity index is 746. The maximum absolute atomic E-state index is 13.0. The number of halogens is 2. The van der Waals surface area contributed by atoms with Crippen LogP contribution < -0.4 is 10.9 Å². The zero-order valence-electron chi connectivity index (χ0n) is 12.4. The van der Waals surface area contributed by atoms with E-state index in [9.17, 15) is 18.4 Å². The average molecular weight is 340 g/mol. The summed E-state index contributed by atoms with van der Waals surface area (Å²) in [5, 5.41) is 0. The standard InChI is InChI=1S/C15H14F2N2O3S/c1-8-5-11(9(2)22-8)15(21)19-18-14(20)7-23-10-3-4-12(16)13(17)6-10/h3-6H,7H2,1-2H3,(H,18,20)(H,19,21). The van der Waals surface area contributed by atoms with E-state index in [1.807, 2.05) is 0 Å². The minimum Gasteiger partial charge on any atom is -0.466 e. The van der Waals surface area contributed by atoms with E-state index >= 15 is 0 Å². The monoisotopic (exact) mass is 340 g/mol. The highest BCUT2D eigenvalue weighted by atomic mass is 32.2. The third-order valence-corrected chi connectivity index (χ3v) is 3.86. The lowest BCUT2D eigenvalue weighted by molar-refractivity contribution is -0.119. The molecule has 0 radical (unpaired) electrons. The van der Waals surface area contributed by atoms with E-state index in [4.69, 9.17) is 4.42 Å². The summed E-state index contributed by atoms with van der Waals surface area (Å²) < 4.78 is 31.0. The summed E-state index contributed by atoms with van der Waals surface area (Å²) in [7, 11) is 0. The second kappa shape index (κ2) is 7.28. The van der Waals surface area contributed by atoms with E-state index in [1.54, 1.807) is 19.9 Å². The molecule has 0 aliphatic carbocycles. The van der Waals surface area contributed by atoms with Gasteiger partial charge in [0.15, 0.2) is 11.6 Å². The number of rotatable bonds is 4. The lowest BCUT2D eigenvalue weighted by Crippen LogP contribution is -2.42. The Hall–Kier alpha value is -2.35. The molecular formula is C15H14F2N2O3S. The van der Waals surface area contributed by atoms with Crippen molar-refractivity contribution in [3.63, 3.8) is 0 Å². The molecule has 0 aliphatic heterocycles. The van der Waals surface area contributed by atoms with Crippen LogP contribution in [0.2, 0.25) is 0 Å². The van der Waals surface area contributed by atoms with Crippen LogP contribution in [0.4, 0.5) is 8.78 Å². The van der Waals surface area contributed by atoms with Crippen molar-refractivity contribution in [1.29, 1.82) is 0 Å². The molecule has 1 aromatic carbocycles. The SMILES string of the molecule is Cc1cc(C(=O)NNC(=O)CSc2ccc(F)c(F)c2)c(C)o1. The Morgan fingerprint density at radius 3 is 2.48 bits per heavy atom. The van der Waals surface area contributed by atoms with E-state index in [0.717, 1.165) is 23.9 Å². The molecule has 0 saturated carbocycles. The van der Waals surface area contributed by atoms with Crippen molar-refractivity contribution >= 4 is 23.6 Å². The van der Waals surface area contributed by atoms with E-state index in [-0.39, 0.29) is 5.75 Å². The summed E-state index contributed by atoms with van der Waals surface area (Å²) in [6.45, 7) is 3.35. The number of hydrazine groups is 1. The van der Waals surface area contributed by atoms with Crippen LogP contribution in [-0.2, 0) is 4.79 Å². The highest BCUT2D eigenvalue weighted by Crippen LogP contribution is 2.20. The normalized spacial score (nSPS) is 10.4. The fraction of sp³-hybridized carbons (Fsp3) is 0.200. The molecule has 2 aromatic rings. The number of carbonyl (C=O) groups is 2. The molecule has 2 amide bonds. The first-order valence-corrected chi connectivity index (χ1v) is 7.59. The molecule has 0 fully saturated rings. The molecule has 5 nitrogen and oxygen atoms in total. The van der Waals surface area contributed by atoms with E-state index in [0.29, 0.717) is 22.0 Å². The number of amides is 2. The van der Waals surface area contributed by atoms with Gasteiger partial charge in [0.05, 0.1) is 11.3 Å². The van der Waals surface area contributed by atoms with Crippen molar-refractivity contribution in [2.45, 2.75) is 18.7 Å². The fourth-order valence-corrected chi connectivity index (χ4v) is 2.52. The number of furan rings is 1. The van der Waals surface area contributed by atoms with Crippen molar-refractivity contribution in [3.8, 4) is 0 Å². The molecule has 1 aromatic heterocycles. The molecule has 1 heterocycles. The molecule has 2 rings (SSSR count). The predicted octanol–water partition coefficient (Wildman–Crippen LogP) is 2.73. The van der Waals surface area contributed by atoms with Crippen LogP contribution in [0.3, 0.4) is 0 Å². The highest BCUT2D eigenvalue weighted by Gasteiger charge is 2.14. The summed E-state index contributed by atoms with van der Waals surface area (Å²) in [5.41, 5.74) is 4.84. The number of nitrogens with one attached hydrogen (secondary N) is 2. The van der Waals surface area contributed by atoms with Gasteiger partial charge in [-0.25, -0.2) is 8.78 Å². The third kappa shape index (κ3) is 4.56. The van der Waals surface area contributed by atoms with Gasteiger partial charge in [-0.05, 0) is 38.1 Å². The van der Waals surface area contributed by atoms with E-state index in [1.165, 1.54) is 6.07 Å². The number of hydrogen-bond acceptors (Lipinski definition) is 4. The van der Waals surface area contributed by atoms with Crippen LogP contribution in [0.15, 0.2) is 33.6 Å². The molecular weight excluding hydrogens is 326 g/mol. The molecule has 0 unspecified atom stereocenters. The first kappa shape index (κ1) is 17.0. The summed E-state index contributed by atoms with van der Waals surface area (Å²) in [5.74, 6) is -1.92. The maximum atomic E-state index is 13.0. The van der Waals surface area contributed by atoms with Gasteiger partial charge in [0.1, 0.15) is 11.5 Å². The minimum atomic E-state index is -0.977. The van der Waals surface area contributed by atoms with E-state index < -0.39 is 23.4 Å². The third-order valence-electron chi connectivity index (χ3n) is 2.86. The van der Waals surface area contributed by atoms with E-state index in [2.05, 4.69) is 10.9 Å². The lowest BCUT2D eigenvalue weighted by atomic mass is 10.2. The Balaban J connectivity index is 1.82. The predicted molar refractivity (Wildman–Crippen MR) is 80.9 cm³/mol. The average Bonchev–Trinajstić information content (AvgIpc) is 2.84. The number of carbonyl (C=O) groups excluding carboxylic acids is 2. The van der Waals surface area contributed by atoms with Gasteiger partial charge in [0.2, 0.25) is 5.91 Å². The molecule has 8 heteroatoms. The molecule has 0 aliphatic rings. The van der Waals surface area contributed by atoms with Crippen LogP contribution in [0, 0.1) is 25.5 Å². The van der Waals surface area contributed by atoms with Crippen molar-refractivity contribution in [2.75, 3.05) is 5.75 Å². The highest BCUT2D eigenvalue weighted by molar-refractivity contribution is 8.00. The number of benzene rings is 1. The van der Waals surface area contributed by atoms with Crippen molar-refractivity contribution in [3.05, 3.63) is 53.0 Å². The smallest absolute Gasteiger partial charge is 0.273 e. The summed E-state index contributed by atoms with van der Waals surface area (Å²) in [4.78, 5) is 23.9. The molecule has 0 bridgehead atoms. The van der Waals surface area contributed by atoms with Crippen molar-refractivity contribution < 1.29 is 22.8 Å². The first-order chi connectivity index (χ1) is 10.9. The van der Waals surface area contributed by atoms with Crippen molar-refractivity contribution in [2.24, 2.45) is 0 Å². The molecule has 122 valence electrons. The van der Waals surface area contributed by atoms with Crippen molar-refractivity contribution in [1.82, 2.24) is 10.9 Å². The quantitative estimate of drug-likeness (QED) is 0.663. The summed E-state index contributed by atoms with van der Waals surface area (Å²) >= 11 is 1.02. The van der Waals surface area contributed by atoms with Crippen LogP contribution >= 0.6 is 11.8 Å². The minimum absolute atomic E-state index is 0.0608. The molecule has 0 saturated heterocycles. The molecule has 0 spiro atoms. The van der Waals surface area contributed by atoms with Gasteiger partial charge >= 0.3 is 0 Å². The van der Waals surface area contributed by atoms with Crippen LogP contribution in [-0.4, -0.2) is 17.6 Å². The maximum Gasteiger partial charge on any atom is 0.273 e. The second-order valence-corrected chi connectivity index (χ2v) is 5.74. The molecule has 2 N–H and O–H groups in total. The van der Waals surface area contributed by atoms with Gasteiger partial charge < -0.3 is 4.42 Å². The Labute approximate surface area is 135 Å². The van der Waals surface area contributed by atoms with Gasteiger partial charge in [-0.1, -0.05) is 0 Å². The van der Waals surface area contributed by atoms with Crippen LogP contribution in [0.25, 0.3) is 0 Å². The largest absolute Gasteiger partial charge is 0.466 e. The second-order valence-electron chi connectivity index (χ2n) is 4.69.